The van der Waals surface area contributed by atoms with Gasteiger partial charge in [-0.1, -0.05) is 24.3 Å². The van der Waals surface area contributed by atoms with Gasteiger partial charge in [0.2, 0.25) is 0 Å². The van der Waals surface area contributed by atoms with Crippen molar-refractivity contribution in [3.05, 3.63) is 95.6 Å². The van der Waals surface area contributed by atoms with E-state index in [9.17, 15) is 9.18 Å². The van der Waals surface area contributed by atoms with E-state index < -0.39 is 0 Å². The number of benzene rings is 2. The average molecular weight is 389 g/mol. The first-order valence-electron chi connectivity index (χ1n) is 9.22. The molecule has 2 aromatic heterocycles. The smallest absolute Gasteiger partial charge is 0.253 e. The minimum Gasteiger partial charge on any atom is -0.345 e. The molecular weight excluding hydrogens is 369 g/mol. The minimum atomic E-state index is -0.318. The first-order valence-corrected chi connectivity index (χ1v) is 9.22. The Bertz CT molecular complexity index is 1160. The molecule has 2 heterocycles. The zero-order valence-electron chi connectivity index (χ0n) is 16.1. The molecule has 0 saturated heterocycles. The number of hydrogen-bond donors (Lipinski definition) is 1. The zero-order valence-corrected chi connectivity index (χ0v) is 16.1. The molecule has 0 aliphatic carbocycles. The van der Waals surface area contributed by atoms with Crippen molar-refractivity contribution in [2.45, 2.75) is 20.4 Å². The molecule has 1 N–H and O–H groups in total. The van der Waals surface area contributed by atoms with Gasteiger partial charge in [0.15, 0.2) is 5.82 Å². The topological polar surface area (TPSA) is 64.7 Å². The number of aryl methyl sites for hydroxylation is 1. The Balaban J connectivity index is 1.55. The van der Waals surface area contributed by atoms with Crippen LogP contribution in [0, 0.1) is 19.7 Å². The number of hydrogen-bond acceptors (Lipinski definition) is 3. The summed E-state index contributed by atoms with van der Waals surface area (Å²) in [5, 5.41) is 11.0. The first-order chi connectivity index (χ1) is 14.0. The van der Waals surface area contributed by atoms with Gasteiger partial charge in [0, 0.05) is 22.8 Å². The van der Waals surface area contributed by atoms with Crippen LogP contribution in [-0.2, 0) is 6.54 Å². The summed E-state index contributed by atoms with van der Waals surface area (Å²) in [7, 11) is 0. The molecule has 0 saturated carbocycles. The van der Waals surface area contributed by atoms with Gasteiger partial charge in [-0.25, -0.2) is 4.39 Å². The second kappa shape index (κ2) is 7.71. The van der Waals surface area contributed by atoms with Gasteiger partial charge in [0.25, 0.3) is 5.91 Å². The summed E-state index contributed by atoms with van der Waals surface area (Å²) in [5.74, 6) is 0.0908. The maximum atomic E-state index is 13.6. The van der Waals surface area contributed by atoms with Crippen molar-refractivity contribution in [1.82, 2.24) is 24.6 Å². The summed E-state index contributed by atoms with van der Waals surface area (Å²) >= 11 is 0. The van der Waals surface area contributed by atoms with Gasteiger partial charge in [-0.3, -0.25) is 9.36 Å². The van der Waals surface area contributed by atoms with Gasteiger partial charge in [-0.15, -0.1) is 10.2 Å². The minimum absolute atomic E-state index is 0.219. The molecule has 4 aromatic rings. The van der Waals surface area contributed by atoms with E-state index in [2.05, 4.69) is 15.5 Å². The molecule has 7 heteroatoms. The molecule has 4 rings (SSSR count). The summed E-state index contributed by atoms with van der Waals surface area (Å²) in [6.07, 6.45) is 1.62. The molecule has 0 fully saturated rings. The predicted molar refractivity (Wildman–Crippen MR) is 108 cm³/mol. The molecule has 29 heavy (non-hydrogen) atoms. The summed E-state index contributed by atoms with van der Waals surface area (Å²) in [4.78, 5) is 12.8. The molecule has 0 bridgehead atoms. The van der Waals surface area contributed by atoms with E-state index in [0.717, 1.165) is 17.1 Å². The summed E-state index contributed by atoms with van der Waals surface area (Å²) in [6.45, 7) is 3.97. The van der Waals surface area contributed by atoms with Crippen LogP contribution < -0.4 is 5.32 Å². The number of nitrogens with zero attached hydrogens (tertiary/aromatic N) is 4. The summed E-state index contributed by atoms with van der Waals surface area (Å²) in [6, 6.07) is 17.8. The third-order valence-corrected chi connectivity index (χ3v) is 4.80. The van der Waals surface area contributed by atoms with Crippen LogP contribution in [-0.4, -0.2) is 25.2 Å². The Labute approximate surface area is 167 Å². The number of aromatic nitrogens is 4. The second-order valence-electron chi connectivity index (χ2n) is 6.74. The van der Waals surface area contributed by atoms with Crippen LogP contribution in [0.3, 0.4) is 0 Å². The van der Waals surface area contributed by atoms with Crippen LogP contribution in [0.1, 0.15) is 27.6 Å². The van der Waals surface area contributed by atoms with Crippen molar-refractivity contribution in [2.75, 3.05) is 0 Å². The van der Waals surface area contributed by atoms with Crippen molar-refractivity contribution in [2.24, 2.45) is 0 Å². The van der Waals surface area contributed by atoms with E-state index >= 15 is 0 Å². The standard InChI is InChI=1S/C22H20FN5O/c1-15-11-20(16(2)28(15)19-10-6-7-17(23)12-19)22(29)24-13-21-26-25-14-27(21)18-8-4-3-5-9-18/h3-12,14H,13H2,1-2H3,(H,24,29). The van der Waals surface area contributed by atoms with E-state index in [4.69, 9.17) is 0 Å². The van der Waals surface area contributed by atoms with E-state index in [1.54, 1.807) is 18.5 Å². The van der Waals surface area contributed by atoms with Crippen molar-refractivity contribution < 1.29 is 9.18 Å². The highest BCUT2D eigenvalue weighted by Gasteiger charge is 2.17. The van der Waals surface area contributed by atoms with Crippen LogP contribution >= 0.6 is 0 Å². The normalized spacial score (nSPS) is 10.9. The van der Waals surface area contributed by atoms with Crippen LogP contribution in [0.5, 0.6) is 0 Å². The van der Waals surface area contributed by atoms with E-state index in [-0.39, 0.29) is 18.3 Å². The average Bonchev–Trinajstić information content (AvgIpc) is 3.31. The maximum Gasteiger partial charge on any atom is 0.253 e. The lowest BCUT2D eigenvalue weighted by Gasteiger charge is -2.10. The van der Waals surface area contributed by atoms with Gasteiger partial charge in [0.05, 0.1) is 12.1 Å². The van der Waals surface area contributed by atoms with Crippen LogP contribution in [0.25, 0.3) is 11.4 Å². The van der Waals surface area contributed by atoms with Gasteiger partial charge >= 0.3 is 0 Å². The molecule has 2 aromatic carbocycles. The van der Waals surface area contributed by atoms with Crippen molar-refractivity contribution >= 4 is 5.91 Å². The van der Waals surface area contributed by atoms with E-state index in [1.807, 2.05) is 59.4 Å². The Kier molecular flexibility index (Phi) is 4.95. The lowest BCUT2D eigenvalue weighted by molar-refractivity contribution is 0.0949. The van der Waals surface area contributed by atoms with Crippen LogP contribution in [0.15, 0.2) is 67.0 Å². The number of carbonyl (C=O) groups excluding carboxylic acids is 1. The molecule has 0 aliphatic rings. The maximum absolute atomic E-state index is 13.6. The molecule has 1 amide bonds. The Hall–Kier alpha value is -3.74. The highest BCUT2D eigenvalue weighted by molar-refractivity contribution is 5.95. The van der Waals surface area contributed by atoms with Gasteiger partial charge in [0.1, 0.15) is 12.1 Å². The van der Waals surface area contributed by atoms with Crippen LogP contribution in [0.4, 0.5) is 4.39 Å². The highest BCUT2D eigenvalue weighted by atomic mass is 19.1. The molecule has 6 nitrogen and oxygen atoms in total. The lowest BCUT2D eigenvalue weighted by Crippen LogP contribution is -2.25. The lowest BCUT2D eigenvalue weighted by atomic mass is 10.2. The number of amides is 1. The fraction of sp³-hybridized carbons (Fsp3) is 0.136. The molecule has 0 radical (unpaired) electrons. The molecule has 146 valence electrons. The van der Waals surface area contributed by atoms with Crippen LogP contribution in [0.2, 0.25) is 0 Å². The Morgan fingerprint density at radius 3 is 2.55 bits per heavy atom. The van der Waals surface area contributed by atoms with E-state index in [1.165, 1.54) is 12.1 Å². The SMILES string of the molecule is Cc1cc(C(=O)NCc2nncn2-c2ccccc2)c(C)n1-c1cccc(F)c1. The fourth-order valence-corrected chi connectivity index (χ4v) is 3.44. The molecular formula is C22H20FN5O. The van der Waals surface area contributed by atoms with Crippen molar-refractivity contribution in [3.8, 4) is 11.4 Å². The second-order valence-corrected chi connectivity index (χ2v) is 6.74. The van der Waals surface area contributed by atoms with E-state index in [0.29, 0.717) is 17.1 Å². The fourth-order valence-electron chi connectivity index (χ4n) is 3.44. The highest BCUT2D eigenvalue weighted by Crippen LogP contribution is 2.21. The largest absolute Gasteiger partial charge is 0.345 e. The number of halogens is 1. The number of rotatable bonds is 5. The summed E-state index contributed by atoms with van der Waals surface area (Å²) in [5.41, 5.74) is 3.74. The molecule has 0 spiro atoms. The third-order valence-electron chi connectivity index (χ3n) is 4.80. The van der Waals surface area contributed by atoms with Crippen molar-refractivity contribution in [3.63, 3.8) is 0 Å². The Morgan fingerprint density at radius 2 is 1.79 bits per heavy atom. The molecule has 0 unspecified atom stereocenters. The van der Waals surface area contributed by atoms with Gasteiger partial charge in [-0.05, 0) is 50.2 Å². The van der Waals surface area contributed by atoms with Crippen molar-refractivity contribution in [1.29, 1.82) is 0 Å². The molecule has 0 aliphatic heterocycles. The van der Waals surface area contributed by atoms with Gasteiger partial charge < -0.3 is 9.88 Å². The molecule has 0 atom stereocenters. The van der Waals surface area contributed by atoms with Gasteiger partial charge in [-0.2, -0.15) is 0 Å². The quantitative estimate of drug-likeness (QED) is 0.565. The summed E-state index contributed by atoms with van der Waals surface area (Å²) < 4.78 is 17.3. The number of carbonyl (C=O) groups is 1. The number of para-hydroxylation sites is 1. The zero-order chi connectivity index (χ0) is 20.4. The predicted octanol–water partition coefficient (Wildman–Crippen LogP) is 3.74. The third kappa shape index (κ3) is 3.67. The number of nitrogens with one attached hydrogen (secondary N) is 1. The monoisotopic (exact) mass is 389 g/mol. The Morgan fingerprint density at radius 1 is 1.03 bits per heavy atom. The first kappa shape index (κ1) is 18.6.